The van der Waals surface area contributed by atoms with E-state index in [0.717, 1.165) is 32.5 Å². The van der Waals surface area contributed by atoms with Crippen LogP contribution >= 0.6 is 0 Å². The molecule has 0 saturated heterocycles. The Morgan fingerprint density at radius 2 is 1.47 bits per heavy atom. The molecule has 1 aliphatic heterocycles. The van der Waals surface area contributed by atoms with Crippen LogP contribution in [-0.4, -0.2) is 12.9 Å². The van der Waals surface area contributed by atoms with E-state index in [0.29, 0.717) is 29.9 Å². The average Bonchev–Trinajstić information content (AvgIpc) is 2.82. The Labute approximate surface area is 185 Å². The van der Waals surface area contributed by atoms with Gasteiger partial charge in [0.25, 0.3) is 0 Å². The quantitative estimate of drug-likeness (QED) is 0.250. The van der Waals surface area contributed by atoms with Gasteiger partial charge in [0.1, 0.15) is 11.3 Å². The molecule has 0 amide bonds. The molecule has 0 N–H and O–H groups in total. The molecule has 4 nitrogen and oxygen atoms in total. The molecule has 0 bridgehead atoms. The zero-order valence-corrected chi connectivity index (χ0v) is 17.7. The molecule has 2 atom stereocenters. The summed E-state index contributed by atoms with van der Waals surface area (Å²) < 4.78 is 18.0. The summed E-state index contributed by atoms with van der Waals surface area (Å²) in [5.74, 6) is 0.357. The van der Waals surface area contributed by atoms with Crippen molar-refractivity contribution in [3.05, 3.63) is 100 Å². The minimum Gasteiger partial charge on any atom is -0.464 e. The Morgan fingerprint density at radius 3 is 2.16 bits per heavy atom. The van der Waals surface area contributed by atoms with E-state index < -0.39 is 6.29 Å². The van der Waals surface area contributed by atoms with Gasteiger partial charge in [0.05, 0.1) is 10.9 Å². The fraction of sp³-hybridized carbons (Fsp3) is 0.179. The van der Waals surface area contributed by atoms with Gasteiger partial charge in [-0.05, 0) is 52.2 Å². The number of fused-ring (bicyclic) bond motifs is 5. The second kappa shape index (κ2) is 7.50. The van der Waals surface area contributed by atoms with Crippen LogP contribution in [-0.2, 0) is 4.74 Å². The number of rotatable bonds is 3. The first-order valence-corrected chi connectivity index (χ1v) is 11.0. The number of hydrogen-bond acceptors (Lipinski definition) is 4. The first-order valence-electron chi connectivity index (χ1n) is 11.0. The summed E-state index contributed by atoms with van der Waals surface area (Å²) in [5, 5.41) is 5.35. The van der Waals surface area contributed by atoms with Crippen molar-refractivity contribution in [3.63, 3.8) is 0 Å². The average molecular weight is 422 g/mol. The van der Waals surface area contributed by atoms with E-state index in [2.05, 4.69) is 30.3 Å². The first-order chi connectivity index (χ1) is 15.7. The zero-order chi connectivity index (χ0) is 21.7. The highest BCUT2D eigenvalue weighted by atomic mass is 16.7. The van der Waals surface area contributed by atoms with E-state index >= 15 is 0 Å². The molecule has 1 aromatic heterocycles. The molecule has 0 saturated carbocycles. The molecule has 0 unspecified atom stereocenters. The molecule has 1 aliphatic rings. The van der Waals surface area contributed by atoms with Crippen molar-refractivity contribution in [2.45, 2.75) is 25.6 Å². The van der Waals surface area contributed by atoms with E-state index in [9.17, 15) is 4.79 Å². The fourth-order valence-corrected chi connectivity index (χ4v) is 5.03. The number of ether oxygens (including phenoxy) is 2. The molecule has 0 radical (unpaired) electrons. The highest BCUT2D eigenvalue weighted by Gasteiger charge is 2.36. The van der Waals surface area contributed by atoms with Gasteiger partial charge in [-0.2, -0.15) is 0 Å². The smallest absolute Gasteiger partial charge is 0.343 e. The lowest BCUT2D eigenvalue weighted by atomic mass is 9.81. The molecule has 0 fully saturated rings. The Hall–Kier alpha value is -3.63. The van der Waals surface area contributed by atoms with Gasteiger partial charge in [-0.3, -0.25) is 0 Å². The zero-order valence-electron chi connectivity index (χ0n) is 17.7. The van der Waals surface area contributed by atoms with Gasteiger partial charge in [0, 0.05) is 18.9 Å². The Kier molecular flexibility index (Phi) is 4.47. The van der Waals surface area contributed by atoms with E-state index in [1.807, 2.05) is 49.4 Å². The second-order valence-electron chi connectivity index (χ2n) is 8.15. The number of benzene rings is 4. The third kappa shape index (κ3) is 2.91. The van der Waals surface area contributed by atoms with Crippen LogP contribution in [0.25, 0.3) is 32.5 Å². The van der Waals surface area contributed by atoms with Crippen LogP contribution in [0.1, 0.15) is 30.4 Å². The maximum Gasteiger partial charge on any atom is 0.343 e. The van der Waals surface area contributed by atoms with Crippen LogP contribution in [0.3, 0.4) is 0 Å². The monoisotopic (exact) mass is 422 g/mol. The molecule has 158 valence electrons. The molecule has 5 aromatic rings. The SMILES string of the molecule is CCO[C@H]1C[C@@H](c2c3ccccc3cc3ccccc23)c2c(c3ccccc3oc2=O)O1. The summed E-state index contributed by atoms with van der Waals surface area (Å²) in [6.07, 6.45) is 0.0996. The molecule has 0 spiro atoms. The lowest BCUT2D eigenvalue weighted by Gasteiger charge is -2.33. The molecular weight excluding hydrogens is 400 g/mol. The lowest BCUT2D eigenvalue weighted by molar-refractivity contribution is -0.0888. The summed E-state index contributed by atoms with van der Waals surface area (Å²) in [7, 11) is 0. The molecule has 0 aliphatic carbocycles. The van der Waals surface area contributed by atoms with Crippen molar-refractivity contribution in [3.8, 4) is 5.75 Å². The van der Waals surface area contributed by atoms with Gasteiger partial charge < -0.3 is 13.9 Å². The molecule has 6 rings (SSSR count). The van der Waals surface area contributed by atoms with E-state index in [1.54, 1.807) is 6.07 Å². The number of para-hydroxylation sites is 1. The van der Waals surface area contributed by atoms with Crippen LogP contribution in [0, 0.1) is 0 Å². The molecule has 2 heterocycles. The Balaban J connectivity index is 1.72. The summed E-state index contributed by atoms with van der Waals surface area (Å²) in [6, 6.07) is 26.4. The fourth-order valence-electron chi connectivity index (χ4n) is 5.03. The van der Waals surface area contributed by atoms with Gasteiger partial charge >= 0.3 is 5.63 Å². The van der Waals surface area contributed by atoms with Crippen molar-refractivity contribution in [1.29, 1.82) is 0 Å². The highest BCUT2D eigenvalue weighted by Crippen LogP contribution is 2.46. The van der Waals surface area contributed by atoms with Crippen LogP contribution in [0.4, 0.5) is 0 Å². The topological polar surface area (TPSA) is 48.7 Å². The largest absolute Gasteiger partial charge is 0.464 e. The summed E-state index contributed by atoms with van der Waals surface area (Å²) in [6.45, 7) is 2.49. The maximum atomic E-state index is 13.3. The van der Waals surface area contributed by atoms with Crippen molar-refractivity contribution >= 4 is 32.5 Å². The lowest BCUT2D eigenvalue weighted by Crippen LogP contribution is -2.32. The van der Waals surface area contributed by atoms with Crippen molar-refractivity contribution < 1.29 is 13.9 Å². The first kappa shape index (κ1) is 19.1. The summed E-state index contributed by atoms with van der Waals surface area (Å²) >= 11 is 0. The minimum atomic E-state index is -0.444. The Bertz CT molecular complexity index is 1480. The van der Waals surface area contributed by atoms with Crippen LogP contribution in [0.15, 0.2) is 88.1 Å². The summed E-state index contributed by atoms with van der Waals surface area (Å²) in [5.41, 5.74) is 1.86. The predicted molar refractivity (Wildman–Crippen MR) is 126 cm³/mol. The summed E-state index contributed by atoms with van der Waals surface area (Å²) in [4.78, 5) is 13.3. The highest BCUT2D eigenvalue weighted by molar-refractivity contribution is 6.03. The van der Waals surface area contributed by atoms with E-state index in [-0.39, 0.29) is 11.5 Å². The van der Waals surface area contributed by atoms with Crippen LogP contribution < -0.4 is 10.4 Å². The van der Waals surface area contributed by atoms with Crippen LogP contribution in [0.5, 0.6) is 5.75 Å². The third-order valence-corrected chi connectivity index (χ3v) is 6.34. The van der Waals surface area contributed by atoms with Gasteiger partial charge in [-0.25, -0.2) is 4.79 Å². The van der Waals surface area contributed by atoms with Gasteiger partial charge in [-0.15, -0.1) is 0 Å². The molecule has 32 heavy (non-hydrogen) atoms. The van der Waals surface area contributed by atoms with Gasteiger partial charge in [-0.1, -0.05) is 60.7 Å². The molecule has 4 aromatic carbocycles. The maximum absolute atomic E-state index is 13.3. The Morgan fingerprint density at radius 1 is 0.844 bits per heavy atom. The van der Waals surface area contributed by atoms with Crippen molar-refractivity contribution in [2.75, 3.05) is 6.61 Å². The standard InChI is InChI=1S/C28H22O4/c1-2-30-24-16-22(26-27(32-24)21-13-7-8-14-23(21)31-28(26)29)25-19-11-5-3-9-17(19)15-18-10-4-6-12-20(18)25/h3-15,22,24H,2,16H2,1H3/t22-,24+/m0/s1. The van der Waals surface area contributed by atoms with E-state index in [1.165, 1.54) is 0 Å². The number of hydrogen-bond donors (Lipinski definition) is 0. The molecule has 4 heteroatoms. The third-order valence-electron chi connectivity index (χ3n) is 6.34. The second-order valence-corrected chi connectivity index (χ2v) is 8.15. The van der Waals surface area contributed by atoms with E-state index in [4.69, 9.17) is 13.9 Å². The van der Waals surface area contributed by atoms with Gasteiger partial charge in [0.2, 0.25) is 6.29 Å². The predicted octanol–water partition coefficient (Wildman–Crippen LogP) is 6.38. The van der Waals surface area contributed by atoms with Crippen molar-refractivity contribution in [2.24, 2.45) is 0 Å². The van der Waals surface area contributed by atoms with Gasteiger partial charge in [0.15, 0.2) is 0 Å². The minimum absolute atomic E-state index is 0.216. The molecular formula is C28H22O4. The van der Waals surface area contributed by atoms with Crippen LogP contribution in [0.2, 0.25) is 0 Å². The normalized spacial score (nSPS) is 18.0. The van der Waals surface area contributed by atoms with Crippen molar-refractivity contribution in [1.82, 2.24) is 0 Å².